The highest BCUT2D eigenvalue weighted by Crippen LogP contribution is 2.48. The van der Waals surface area contributed by atoms with Crippen LogP contribution in [0.3, 0.4) is 0 Å². The lowest BCUT2D eigenvalue weighted by atomic mass is 9.97. The van der Waals surface area contributed by atoms with E-state index in [1.54, 1.807) is 0 Å². The molecule has 0 radical (unpaired) electrons. The second-order valence-corrected chi connectivity index (χ2v) is 21.8. The third kappa shape index (κ3) is 11.8. The van der Waals surface area contributed by atoms with E-state index in [0.717, 1.165) is 42.6 Å². The fraction of sp³-hybridized carbons (Fsp3) is 0.118. The van der Waals surface area contributed by atoms with E-state index in [-0.39, 0.29) is 123 Å². The minimum absolute atomic E-state index is 0.00215. The standard InChI is InChI=1S/C68H33F21N4/c1-33-13-40(16-44(14-33)62(69,70)71)35-5-9-51-52-10-6-36(41-17-45(63(72,73)74)27-46(18-41)64(75,76)77)24-56(52)92(55(51)23-35)59-31-91-32-60(61(59)39-4-2-3-34(15-39)30-90)93-57-25-37(42-19-47(65(78,79)80)28-48(20-42)66(81,82)83)7-11-53(57)54-12-8-38(26-58(54)93)43-21-49(67(84,85)86)29-50(22-43)68(87,88)89/h2-29,31-32H,1H3. The molecule has 0 atom stereocenters. The molecule has 3 heterocycles. The lowest BCUT2D eigenvalue weighted by Crippen LogP contribution is -2.11. The van der Waals surface area contributed by atoms with E-state index in [4.69, 9.17) is 0 Å². The van der Waals surface area contributed by atoms with Gasteiger partial charge in [-0.2, -0.15) is 97.5 Å². The number of benzene rings is 9. The van der Waals surface area contributed by atoms with Crippen LogP contribution in [-0.4, -0.2) is 14.1 Å². The van der Waals surface area contributed by atoms with Crippen molar-refractivity contribution < 1.29 is 92.2 Å². The number of alkyl halides is 21. The first-order valence-corrected chi connectivity index (χ1v) is 27.1. The average Bonchev–Trinajstić information content (AvgIpc) is 1.59. The maximum absolute atomic E-state index is 14.5. The van der Waals surface area contributed by atoms with Crippen LogP contribution in [0.2, 0.25) is 0 Å². The zero-order chi connectivity index (χ0) is 67.0. The molecule has 0 bridgehead atoms. The van der Waals surface area contributed by atoms with Crippen molar-refractivity contribution in [2.75, 3.05) is 0 Å². The van der Waals surface area contributed by atoms with Crippen molar-refractivity contribution in [2.24, 2.45) is 0 Å². The molecular weight excluding hydrogens is 1270 g/mol. The van der Waals surface area contributed by atoms with Gasteiger partial charge in [0.25, 0.3) is 0 Å². The van der Waals surface area contributed by atoms with Crippen molar-refractivity contribution in [3.63, 3.8) is 0 Å². The van der Waals surface area contributed by atoms with Gasteiger partial charge in [0.1, 0.15) is 0 Å². The SMILES string of the molecule is Cc1cc(-c2ccc3c4ccc(-c5cc(C(F)(F)F)cc(C(F)(F)F)c5)cc4n(-c4cncc(-n5c6cc(-c7cc(C(F)(F)F)cc(C(F)(F)F)c7)ccc6c6ccc(-c7cc(C(F)(F)F)cc(C(F)(F)F)c7)cc65)c4-c4cccc(C#N)c4)c3c2)cc(C(F)(F)F)c1. The first-order chi connectivity index (χ1) is 43.3. The van der Waals surface area contributed by atoms with Gasteiger partial charge < -0.3 is 9.13 Å². The van der Waals surface area contributed by atoms with Gasteiger partial charge in [-0.3, -0.25) is 4.98 Å². The van der Waals surface area contributed by atoms with Gasteiger partial charge in [-0.15, -0.1) is 0 Å². The summed E-state index contributed by atoms with van der Waals surface area (Å²) in [6, 6.07) is 28.3. The maximum atomic E-state index is 14.5. The smallest absolute Gasteiger partial charge is 0.307 e. The molecule has 12 rings (SSSR count). The fourth-order valence-corrected chi connectivity index (χ4v) is 11.6. The second kappa shape index (κ2) is 21.7. The number of nitriles is 1. The summed E-state index contributed by atoms with van der Waals surface area (Å²) in [4.78, 5) is 4.58. The minimum atomic E-state index is -5.35. The Morgan fingerprint density at radius 3 is 0.860 bits per heavy atom. The van der Waals surface area contributed by atoms with Crippen LogP contribution in [0.25, 0.3) is 111 Å². The number of aromatic nitrogens is 3. The molecule has 9 aromatic carbocycles. The summed E-state index contributed by atoms with van der Waals surface area (Å²) in [5.74, 6) is 0. The maximum Gasteiger partial charge on any atom is 0.416 e. The minimum Gasteiger partial charge on any atom is -0.307 e. The summed E-state index contributed by atoms with van der Waals surface area (Å²) < 4.78 is 306. The topological polar surface area (TPSA) is 46.5 Å². The molecule has 0 saturated heterocycles. The van der Waals surface area contributed by atoms with Crippen LogP contribution in [0.5, 0.6) is 0 Å². The average molecular weight is 1300 g/mol. The number of rotatable bonds is 7. The largest absolute Gasteiger partial charge is 0.416 e. The van der Waals surface area contributed by atoms with Gasteiger partial charge in [0.15, 0.2) is 0 Å². The number of fused-ring (bicyclic) bond motifs is 6. The molecule has 4 nitrogen and oxygen atoms in total. The van der Waals surface area contributed by atoms with Crippen LogP contribution >= 0.6 is 0 Å². The molecule has 0 amide bonds. The molecule has 0 spiro atoms. The normalized spacial score (nSPS) is 13.0. The molecule has 0 aliphatic rings. The third-order valence-corrected chi connectivity index (χ3v) is 15.7. The van der Waals surface area contributed by atoms with Crippen molar-refractivity contribution in [3.8, 4) is 73.1 Å². The summed E-state index contributed by atoms with van der Waals surface area (Å²) in [6.45, 7) is 1.39. The quantitative estimate of drug-likeness (QED) is 0.149. The molecule has 472 valence electrons. The molecular formula is C68H33F21N4. The summed E-state index contributed by atoms with van der Waals surface area (Å²) in [7, 11) is 0. The van der Waals surface area contributed by atoms with Crippen molar-refractivity contribution >= 4 is 43.6 Å². The Labute approximate surface area is 509 Å². The van der Waals surface area contributed by atoms with Crippen LogP contribution in [0, 0.1) is 18.3 Å². The van der Waals surface area contributed by atoms with E-state index in [0.29, 0.717) is 36.4 Å². The van der Waals surface area contributed by atoms with Gasteiger partial charge in [0.2, 0.25) is 0 Å². The van der Waals surface area contributed by atoms with Crippen molar-refractivity contribution in [3.05, 3.63) is 232 Å². The first-order valence-electron chi connectivity index (χ1n) is 27.1. The van der Waals surface area contributed by atoms with Crippen LogP contribution in [0.1, 0.15) is 50.1 Å². The summed E-state index contributed by atoms with van der Waals surface area (Å²) in [5.41, 5.74) is -14.5. The van der Waals surface area contributed by atoms with E-state index in [9.17, 15) is 97.5 Å². The molecule has 0 N–H and O–H groups in total. The number of aryl methyl sites for hydroxylation is 1. The van der Waals surface area contributed by atoms with Crippen LogP contribution < -0.4 is 0 Å². The van der Waals surface area contributed by atoms with Crippen LogP contribution in [-0.2, 0) is 43.2 Å². The molecule has 0 fully saturated rings. The predicted molar refractivity (Wildman–Crippen MR) is 305 cm³/mol. The van der Waals surface area contributed by atoms with E-state index >= 15 is 0 Å². The van der Waals surface area contributed by atoms with E-state index in [1.807, 2.05) is 6.07 Å². The van der Waals surface area contributed by atoms with Gasteiger partial charge in [0, 0.05) is 27.1 Å². The fourth-order valence-electron chi connectivity index (χ4n) is 11.6. The van der Waals surface area contributed by atoms with Gasteiger partial charge in [-0.25, -0.2) is 0 Å². The number of hydrogen-bond acceptors (Lipinski definition) is 2. The zero-order valence-electron chi connectivity index (χ0n) is 46.5. The molecule has 12 aromatic rings. The first kappa shape index (κ1) is 62.9. The van der Waals surface area contributed by atoms with E-state index in [1.165, 1.54) is 101 Å². The monoisotopic (exact) mass is 1300 g/mol. The summed E-state index contributed by atoms with van der Waals surface area (Å²) >= 11 is 0. The Balaban J connectivity index is 1.24. The molecule has 0 aliphatic carbocycles. The van der Waals surface area contributed by atoms with Crippen molar-refractivity contribution in [1.82, 2.24) is 14.1 Å². The molecule has 25 heteroatoms. The van der Waals surface area contributed by atoms with Crippen molar-refractivity contribution in [2.45, 2.75) is 50.2 Å². The Bertz CT molecular complexity index is 4850. The predicted octanol–water partition coefficient (Wildman–Crippen LogP) is 22.9. The van der Waals surface area contributed by atoms with E-state index in [2.05, 4.69) is 4.98 Å². The van der Waals surface area contributed by atoms with E-state index < -0.39 is 98.9 Å². The van der Waals surface area contributed by atoms with Crippen molar-refractivity contribution in [1.29, 1.82) is 5.26 Å². The highest BCUT2D eigenvalue weighted by Gasteiger charge is 2.41. The molecule has 93 heavy (non-hydrogen) atoms. The Morgan fingerprint density at radius 2 is 0.581 bits per heavy atom. The van der Waals surface area contributed by atoms with Crippen LogP contribution in [0.4, 0.5) is 92.2 Å². The highest BCUT2D eigenvalue weighted by molar-refractivity contribution is 6.14. The lowest BCUT2D eigenvalue weighted by molar-refractivity contribution is -0.144. The Morgan fingerprint density at radius 1 is 0.301 bits per heavy atom. The third-order valence-electron chi connectivity index (χ3n) is 15.7. The molecule has 3 aromatic heterocycles. The summed E-state index contributed by atoms with van der Waals surface area (Å²) in [6.07, 6.45) is -34.5. The molecule has 0 unspecified atom stereocenters. The number of hydrogen-bond donors (Lipinski definition) is 0. The second-order valence-electron chi connectivity index (χ2n) is 21.8. The van der Waals surface area contributed by atoms with Gasteiger partial charge in [0.05, 0.1) is 96.4 Å². The van der Waals surface area contributed by atoms with Crippen LogP contribution in [0.15, 0.2) is 182 Å². The zero-order valence-corrected chi connectivity index (χ0v) is 46.5. The Hall–Kier alpha value is -10.3. The van der Waals surface area contributed by atoms with Gasteiger partial charge in [-0.05, 0) is 166 Å². The number of pyridine rings is 1. The summed E-state index contributed by atoms with van der Waals surface area (Å²) in [5, 5.41) is 11.0. The lowest BCUT2D eigenvalue weighted by Gasteiger charge is -2.20. The van der Waals surface area contributed by atoms with Gasteiger partial charge >= 0.3 is 43.2 Å². The van der Waals surface area contributed by atoms with Gasteiger partial charge in [-0.1, -0.05) is 66.7 Å². The number of nitrogens with zero attached hydrogens (tertiary/aromatic N) is 4. The highest BCUT2D eigenvalue weighted by atomic mass is 19.4. The number of halogens is 21. The molecule has 0 aliphatic heterocycles. The Kier molecular flexibility index (Phi) is 14.7. The molecule has 0 saturated carbocycles.